The third-order valence-corrected chi connectivity index (χ3v) is 5.16. The zero-order valence-electron chi connectivity index (χ0n) is 12.6. The van der Waals surface area contributed by atoms with Gasteiger partial charge in [-0.25, -0.2) is 17.5 Å². The van der Waals surface area contributed by atoms with Gasteiger partial charge in [0.1, 0.15) is 10.7 Å². The van der Waals surface area contributed by atoms with Crippen LogP contribution >= 0.6 is 0 Å². The Balaban J connectivity index is 1.82. The lowest BCUT2D eigenvalue weighted by Crippen LogP contribution is -2.39. The zero-order chi connectivity index (χ0) is 17.2. The van der Waals surface area contributed by atoms with Crippen LogP contribution in [0.5, 0.6) is 0 Å². The second-order valence-corrected chi connectivity index (χ2v) is 7.12. The van der Waals surface area contributed by atoms with Crippen LogP contribution in [0.2, 0.25) is 0 Å². The highest BCUT2D eigenvalue weighted by molar-refractivity contribution is 7.89. The Morgan fingerprint density at radius 2 is 2.08 bits per heavy atom. The van der Waals surface area contributed by atoms with E-state index in [1.165, 1.54) is 0 Å². The van der Waals surface area contributed by atoms with Crippen molar-refractivity contribution < 1.29 is 17.9 Å². The highest BCUT2D eigenvalue weighted by Gasteiger charge is 2.21. The summed E-state index contributed by atoms with van der Waals surface area (Å²) < 4.78 is 40.2. The smallest absolute Gasteiger partial charge is 0.242 e. The molecule has 2 aromatic heterocycles. The van der Waals surface area contributed by atoms with Crippen molar-refractivity contribution in [1.29, 1.82) is 0 Å². The minimum atomic E-state index is -3.97. The minimum absolute atomic E-state index is 0.278. The molecule has 0 saturated heterocycles. The first-order valence-corrected chi connectivity index (χ1v) is 8.76. The molecule has 0 aliphatic heterocycles. The number of nitrogens with one attached hydrogen (secondary N) is 2. The zero-order valence-corrected chi connectivity index (χ0v) is 13.4. The molecule has 3 N–H and O–H groups in total. The van der Waals surface area contributed by atoms with Gasteiger partial charge < -0.3 is 10.1 Å². The van der Waals surface area contributed by atoms with Gasteiger partial charge in [0.25, 0.3) is 0 Å². The monoisotopic (exact) mass is 349 g/mol. The van der Waals surface area contributed by atoms with Gasteiger partial charge in [0.05, 0.1) is 12.8 Å². The molecule has 8 heteroatoms. The maximum absolute atomic E-state index is 13.2. The lowest BCUT2D eigenvalue weighted by Gasteiger charge is -2.16. The van der Waals surface area contributed by atoms with Gasteiger partial charge in [-0.1, -0.05) is 18.2 Å². The molecule has 126 valence electrons. The number of nitrogens with zero attached hydrogens (tertiary/aromatic N) is 1. The van der Waals surface area contributed by atoms with E-state index in [-0.39, 0.29) is 11.5 Å². The molecule has 6 nitrogen and oxygen atoms in total. The Bertz CT molecular complexity index is 956. The molecule has 2 heterocycles. The second-order valence-electron chi connectivity index (χ2n) is 5.40. The van der Waals surface area contributed by atoms with Gasteiger partial charge in [0.15, 0.2) is 0 Å². The van der Waals surface area contributed by atoms with E-state index in [2.05, 4.69) is 14.7 Å². The summed E-state index contributed by atoms with van der Waals surface area (Å²) in [6.45, 7) is -0.387. The number of aromatic amines is 1. The Labute approximate surface area is 138 Å². The highest BCUT2D eigenvalue weighted by atomic mass is 32.2. The Kier molecular flexibility index (Phi) is 4.61. The second kappa shape index (κ2) is 6.68. The van der Waals surface area contributed by atoms with Crippen molar-refractivity contribution in [2.45, 2.75) is 17.4 Å². The number of hydrogen-bond donors (Lipinski definition) is 3. The quantitative estimate of drug-likeness (QED) is 0.630. The van der Waals surface area contributed by atoms with Gasteiger partial charge in [-0.05, 0) is 24.1 Å². The van der Waals surface area contributed by atoms with Crippen LogP contribution in [0.15, 0.2) is 53.8 Å². The van der Waals surface area contributed by atoms with Crippen LogP contribution in [0.4, 0.5) is 4.39 Å². The third kappa shape index (κ3) is 3.45. The van der Waals surface area contributed by atoms with E-state index in [1.54, 1.807) is 6.20 Å². The number of halogens is 1. The summed E-state index contributed by atoms with van der Waals surface area (Å²) in [4.78, 5) is 6.36. The van der Waals surface area contributed by atoms with Gasteiger partial charge in [-0.15, -0.1) is 0 Å². The fraction of sp³-hybridized carbons (Fsp3) is 0.188. The number of para-hydroxylation sites is 1. The number of aliphatic hydroxyl groups is 1. The summed E-state index contributed by atoms with van der Waals surface area (Å²) in [7, 11) is -3.97. The van der Waals surface area contributed by atoms with Crippen LogP contribution in [0.3, 0.4) is 0 Å². The van der Waals surface area contributed by atoms with E-state index in [0.717, 1.165) is 34.9 Å². The maximum atomic E-state index is 13.2. The van der Waals surface area contributed by atoms with Crippen LogP contribution in [0, 0.1) is 5.82 Å². The Morgan fingerprint density at radius 1 is 1.29 bits per heavy atom. The summed E-state index contributed by atoms with van der Waals surface area (Å²) in [6, 6.07) is 7.76. The van der Waals surface area contributed by atoms with E-state index < -0.39 is 21.9 Å². The van der Waals surface area contributed by atoms with E-state index in [1.807, 2.05) is 24.3 Å². The summed E-state index contributed by atoms with van der Waals surface area (Å²) in [5.74, 6) is -0.741. The van der Waals surface area contributed by atoms with Crippen LogP contribution in [-0.4, -0.2) is 36.1 Å². The van der Waals surface area contributed by atoms with Crippen LogP contribution in [0.25, 0.3) is 10.9 Å². The van der Waals surface area contributed by atoms with Crippen molar-refractivity contribution in [2.75, 3.05) is 6.61 Å². The minimum Gasteiger partial charge on any atom is -0.395 e. The van der Waals surface area contributed by atoms with E-state index in [9.17, 15) is 17.9 Å². The van der Waals surface area contributed by atoms with Crippen LogP contribution in [0.1, 0.15) is 5.56 Å². The van der Waals surface area contributed by atoms with Crippen LogP contribution in [-0.2, 0) is 16.4 Å². The number of rotatable bonds is 6. The van der Waals surface area contributed by atoms with Crippen molar-refractivity contribution in [3.8, 4) is 0 Å². The number of aliphatic hydroxyl groups excluding tert-OH is 1. The molecule has 1 aromatic carbocycles. The molecule has 3 aromatic rings. The number of benzene rings is 1. The Morgan fingerprint density at radius 3 is 2.83 bits per heavy atom. The fourth-order valence-electron chi connectivity index (χ4n) is 2.54. The summed E-state index contributed by atoms with van der Waals surface area (Å²) in [5, 5.41) is 10.5. The highest BCUT2D eigenvalue weighted by Crippen LogP contribution is 2.19. The molecule has 0 saturated carbocycles. The number of H-pyrrole nitrogens is 1. The molecular weight excluding hydrogens is 333 g/mol. The van der Waals surface area contributed by atoms with Crippen LogP contribution < -0.4 is 4.72 Å². The van der Waals surface area contributed by atoms with Crippen molar-refractivity contribution in [1.82, 2.24) is 14.7 Å². The molecule has 3 rings (SSSR count). The number of fused-ring (bicyclic) bond motifs is 1. The predicted molar refractivity (Wildman–Crippen MR) is 87.4 cm³/mol. The number of aromatic nitrogens is 2. The first-order chi connectivity index (χ1) is 11.5. The van der Waals surface area contributed by atoms with E-state index in [4.69, 9.17) is 0 Å². The largest absolute Gasteiger partial charge is 0.395 e. The lowest BCUT2D eigenvalue weighted by molar-refractivity contribution is 0.256. The lowest BCUT2D eigenvalue weighted by atomic mass is 10.1. The third-order valence-electron chi connectivity index (χ3n) is 3.67. The normalized spacial score (nSPS) is 13.2. The molecule has 0 fully saturated rings. The Hall–Kier alpha value is -2.29. The molecule has 0 radical (unpaired) electrons. The van der Waals surface area contributed by atoms with E-state index >= 15 is 0 Å². The standard InChI is InChI=1S/C16H16FN3O3S/c17-12-6-14(9-18-8-12)24(22,23)20-13(10-21)5-11-7-19-16-4-2-1-3-15(11)16/h1-4,6-9,13,19-21H,5,10H2/t13-/m1/s1. The molecule has 0 spiro atoms. The van der Waals surface area contributed by atoms with Gasteiger partial charge >= 0.3 is 0 Å². The van der Waals surface area contributed by atoms with Crippen molar-refractivity contribution >= 4 is 20.9 Å². The van der Waals surface area contributed by atoms with E-state index in [0.29, 0.717) is 6.42 Å². The molecule has 0 aliphatic carbocycles. The molecule has 0 unspecified atom stereocenters. The first-order valence-electron chi connectivity index (χ1n) is 7.28. The van der Waals surface area contributed by atoms with Gasteiger partial charge in [-0.3, -0.25) is 4.98 Å². The van der Waals surface area contributed by atoms with Crippen molar-refractivity contribution in [3.05, 3.63) is 60.3 Å². The summed E-state index contributed by atoms with van der Waals surface area (Å²) >= 11 is 0. The van der Waals surface area contributed by atoms with Gasteiger partial charge in [-0.2, -0.15) is 0 Å². The van der Waals surface area contributed by atoms with Crippen molar-refractivity contribution in [3.63, 3.8) is 0 Å². The molecule has 0 bridgehead atoms. The summed E-state index contributed by atoms with van der Waals surface area (Å²) in [5.41, 5.74) is 1.81. The molecule has 24 heavy (non-hydrogen) atoms. The predicted octanol–water partition coefficient (Wildman–Crippen LogP) is 1.58. The maximum Gasteiger partial charge on any atom is 0.242 e. The molecule has 1 atom stereocenters. The molecule has 0 aliphatic rings. The van der Waals surface area contributed by atoms with Gasteiger partial charge in [0, 0.05) is 29.3 Å². The van der Waals surface area contributed by atoms with Gasteiger partial charge in [0.2, 0.25) is 10.0 Å². The fourth-order valence-corrected chi connectivity index (χ4v) is 3.74. The number of sulfonamides is 1. The molecular formula is C16H16FN3O3S. The SMILES string of the molecule is O=S(=O)(N[C@@H](CO)Cc1c[nH]c2ccccc12)c1cncc(F)c1. The first kappa shape index (κ1) is 16.6. The average molecular weight is 349 g/mol. The summed E-state index contributed by atoms with van der Waals surface area (Å²) in [6.07, 6.45) is 4.06. The number of hydrogen-bond acceptors (Lipinski definition) is 4. The molecule has 0 amide bonds. The van der Waals surface area contributed by atoms with Crippen molar-refractivity contribution in [2.24, 2.45) is 0 Å². The topological polar surface area (TPSA) is 95.1 Å². The average Bonchev–Trinajstić information content (AvgIpc) is 2.97. The number of pyridine rings is 1.